The SMILES string of the molecule is Cc1ccc(Cl)cc1NC(=O)CN(C)CCOc1ccccc1. The number of carbonyl (C=O) groups excluding carboxylic acids is 1. The van der Waals surface area contributed by atoms with Gasteiger partial charge in [0.2, 0.25) is 5.91 Å². The Labute approximate surface area is 142 Å². The fourth-order valence-electron chi connectivity index (χ4n) is 2.08. The van der Waals surface area contributed by atoms with E-state index in [-0.39, 0.29) is 5.91 Å². The lowest BCUT2D eigenvalue weighted by Crippen LogP contribution is -2.33. The molecule has 2 aromatic carbocycles. The van der Waals surface area contributed by atoms with Crippen LogP contribution in [-0.4, -0.2) is 37.6 Å². The van der Waals surface area contributed by atoms with E-state index in [1.54, 1.807) is 12.1 Å². The maximum absolute atomic E-state index is 12.1. The average Bonchev–Trinajstić information content (AvgIpc) is 2.52. The number of carbonyl (C=O) groups is 1. The first-order chi connectivity index (χ1) is 11.0. The summed E-state index contributed by atoms with van der Waals surface area (Å²) in [7, 11) is 1.89. The summed E-state index contributed by atoms with van der Waals surface area (Å²) >= 11 is 5.95. The van der Waals surface area contributed by atoms with Gasteiger partial charge in [-0.25, -0.2) is 0 Å². The minimum Gasteiger partial charge on any atom is -0.492 e. The van der Waals surface area contributed by atoms with E-state index in [4.69, 9.17) is 16.3 Å². The van der Waals surface area contributed by atoms with Gasteiger partial charge in [-0.2, -0.15) is 0 Å². The molecule has 0 aliphatic rings. The van der Waals surface area contributed by atoms with Gasteiger partial charge >= 0.3 is 0 Å². The summed E-state index contributed by atoms with van der Waals surface area (Å²) in [5, 5.41) is 3.49. The van der Waals surface area contributed by atoms with Crippen LogP contribution < -0.4 is 10.1 Å². The first kappa shape index (κ1) is 17.3. The number of rotatable bonds is 7. The summed E-state index contributed by atoms with van der Waals surface area (Å²) < 4.78 is 5.62. The van der Waals surface area contributed by atoms with Crippen molar-refractivity contribution in [1.82, 2.24) is 4.90 Å². The first-order valence-electron chi connectivity index (χ1n) is 7.47. The molecule has 1 N–H and O–H groups in total. The quantitative estimate of drug-likeness (QED) is 0.842. The molecule has 0 fully saturated rings. The minimum absolute atomic E-state index is 0.0717. The third-order valence-electron chi connectivity index (χ3n) is 3.37. The highest BCUT2D eigenvalue weighted by molar-refractivity contribution is 6.31. The highest BCUT2D eigenvalue weighted by Gasteiger charge is 2.09. The van der Waals surface area contributed by atoms with Crippen molar-refractivity contribution in [2.45, 2.75) is 6.92 Å². The second-order valence-electron chi connectivity index (χ2n) is 5.41. The topological polar surface area (TPSA) is 41.6 Å². The Balaban J connectivity index is 1.75. The zero-order valence-electron chi connectivity index (χ0n) is 13.4. The third kappa shape index (κ3) is 5.93. The first-order valence-corrected chi connectivity index (χ1v) is 7.85. The van der Waals surface area contributed by atoms with Crippen LogP contribution in [0, 0.1) is 6.92 Å². The minimum atomic E-state index is -0.0717. The Bertz CT molecular complexity index is 647. The van der Waals surface area contributed by atoms with E-state index in [1.807, 2.05) is 55.3 Å². The van der Waals surface area contributed by atoms with Crippen molar-refractivity contribution in [1.29, 1.82) is 0 Å². The van der Waals surface area contributed by atoms with Crippen LogP contribution in [0.3, 0.4) is 0 Å². The number of anilines is 1. The molecular weight excluding hydrogens is 312 g/mol. The Morgan fingerprint density at radius 2 is 1.96 bits per heavy atom. The maximum atomic E-state index is 12.1. The second kappa shape index (κ2) is 8.56. The van der Waals surface area contributed by atoms with Crippen LogP contribution in [0.1, 0.15) is 5.56 Å². The molecule has 0 radical (unpaired) electrons. The summed E-state index contributed by atoms with van der Waals surface area (Å²) in [4.78, 5) is 14.0. The van der Waals surface area contributed by atoms with Crippen LogP contribution in [0.15, 0.2) is 48.5 Å². The molecule has 0 spiro atoms. The van der Waals surface area contributed by atoms with Crippen LogP contribution in [0.4, 0.5) is 5.69 Å². The molecule has 4 nitrogen and oxygen atoms in total. The summed E-state index contributed by atoms with van der Waals surface area (Å²) in [5.41, 5.74) is 1.73. The standard InChI is InChI=1S/C18H21ClN2O2/c1-14-8-9-15(19)12-17(14)20-18(22)13-21(2)10-11-23-16-6-4-3-5-7-16/h3-9,12H,10-11,13H2,1-2H3,(H,20,22). The lowest BCUT2D eigenvalue weighted by Gasteiger charge is -2.17. The summed E-state index contributed by atoms with van der Waals surface area (Å²) in [6, 6.07) is 15.1. The van der Waals surface area contributed by atoms with Crippen molar-refractivity contribution < 1.29 is 9.53 Å². The largest absolute Gasteiger partial charge is 0.492 e. The second-order valence-corrected chi connectivity index (χ2v) is 5.84. The monoisotopic (exact) mass is 332 g/mol. The van der Waals surface area contributed by atoms with Gasteiger partial charge in [-0.15, -0.1) is 0 Å². The molecule has 23 heavy (non-hydrogen) atoms. The molecule has 0 aliphatic carbocycles. The number of likely N-dealkylation sites (N-methyl/N-ethyl adjacent to an activating group) is 1. The lowest BCUT2D eigenvalue weighted by atomic mass is 10.2. The number of nitrogens with zero attached hydrogens (tertiary/aromatic N) is 1. The van der Waals surface area contributed by atoms with E-state index >= 15 is 0 Å². The van der Waals surface area contributed by atoms with Gasteiger partial charge in [-0.1, -0.05) is 35.9 Å². The third-order valence-corrected chi connectivity index (χ3v) is 3.61. The Morgan fingerprint density at radius 3 is 2.70 bits per heavy atom. The van der Waals surface area contributed by atoms with Crippen LogP contribution in [-0.2, 0) is 4.79 Å². The molecule has 2 rings (SSSR count). The van der Waals surface area contributed by atoms with E-state index in [9.17, 15) is 4.79 Å². The number of nitrogens with one attached hydrogen (secondary N) is 1. The summed E-state index contributed by atoms with van der Waals surface area (Å²) in [6.45, 7) is 3.42. The Morgan fingerprint density at radius 1 is 1.22 bits per heavy atom. The number of benzene rings is 2. The lowest BCUT2D eigenvalue weighted by molar-refractivity contribution is -0.117. The predicted molar refractivity (Wildman–Crippen MR) is 94.3 cm³/mol. The number of amides is 1. The predicted octanol–water partition coefficient (Wildman–Crippen LogP) is 3.60. The van der Waals surface area contributed by atoms with E-state index in [2.05, 4.69) is 5.32 Å². The number of aryl methyl sites for hydroxylation is 1. The molecule has 1 amide bonds. The summed E-state index contributed by atoms with van der Waals surface area (Å²) in [6.07, 6.45) is 0. The van der Waals surface area contributed by atoms with Crippen molar-refractivity contribution in [3.63, 3.8) is 0 Å². The van der Waals surface area contributed by atoms with Gasteiger partial charge in [0.1, 0.15) is 12.4 Å². The van der Waals surface area contributed by atoms with Gasteiger partial charge in [0.25, 0.3) is 0 Å². The normalized spacial score (nSPS) is 10.6. The molecule has 0 bridgehead atoms. The molecule has 2 aromatic rings. The molecule has 0 heterocycles. The van der Waals surface area contributed by atoms with Gasteiger partial charge in [0.05, 0.1) is 6.54 Å². The van der Waals surface area contributed by atoms with E-state index in [0.717, 1.165) is 17.0 Å². The Kier molecular flexibility index (Phi) is 6.44. The molecule has 0 saturated heterocycles. The highest BCUT2D eigenvalue weighted by atomic mass is 35.5. The molecule has 0 saturated carbocycles. The van der Waals surface area contributed by atoms with Gasteiger partial charge in [-0.05, 0) is 43.8 Å². The number of halogens is 1. The van der Waals surface area contributed by atoms with E-state index < -0.39 is 0 Å². The van der Waals surface area contributed by atoms with E-state index in [0.29, 0.717) is 24.7 Å². The van der Waals surface area contributed by atoms with Crippen molar-refractivity contribution in [3.8, 4) is 5.75 Å². The molecule has 5 heteroatoms. The fourth-order valence-corrected chi connectivity index (χ4v) is 2.25. The van der Waals surface area contributed by atoms with Crippen LogP contribution in [0.25, 0.3) is 0 Å². The molecule has 122 valence electrons. The zero-order valence-corrected chi connectivity index (χ0v) is 14.1. The van der Waals surface area contributed by atoms with Gasteiger partial charge in [0.15, 0.2) is 0 Å². The van der Waals surface area contributed by atoms with Crippen molar-refractivity contribution >= 4 is 23.2 Å². The fraction of sp³-hybridized carbons (Fsp3) is 0.278. The number of hydrogen-bond acceptors (Lipinski definition) is 3. The number of para-hydroxylation sites is 1. The van der Waals surface area contributed by atoms with Gasteiger partial charge in [0, 0.05) is 17.3 Å². The van der Waals surface area contributed by atoms with Crippen molar-refractivity contribution in [3.05, 3.63) is 59.1 Å². The van der Waals surface area contributed by atoms with Crippen molar-refractivity contribution in [2.75, 3.05) is 32.1 Å². The smallest absolute Gasteiger partial charge is 0.238 e. The van der Waals surface area contributed by atoms with Gasteiger partial charge < -0.3 is 10.1 Å². The number of hydrogen-bond donors (Lipinski definition) is 1. The molecule has 0 atom stereocenters. The average molecular weight is 333 g/mol. The van der Waals surface area contributed by atoms with Crippen LogP contribution >= 0.6 is 11.6 Å². The van der Waals surface area contributed by atoms with E-state index in [1.165, 1.54) is 0 Å². The molecule has 0 unspecified atom stereocenters. The molecule has 0 aromatic heterocycles. The zero-order chi connectivity index (χ0) is 16.7. The highest BCUT2D eigenvalue weighted by Crippen LogP contribution is 2.20. The Hall–Kier alpha value is -2.04. The summed E-state index contributed by atoms with van der Waals surface area (Å²) in [5.74, 6) is 0.762. The van der Waals surface area contributed by atoms with Crippen molar-refractivity contribution in [2.24, 2.45) is 0 Å². The van der Waals surface area contributed by atoms with Crippen LogP contribution in [0.5, 0.6) is 5.75 Å². The van der Waals surface area contributed by atoms with Gasteiger partial charge in [-0.3, -0.25) is 9.69 Å². The number of ether oxygens (including phenoxy) is 1. The molecule has 0 aliphatic heterocycles. The maximum Gasteiger partial charge on any atom is 0.238 e. The molecular formula is C18H21ClN2O2. The van der Waals surface area contributed by atoms with Crippen LogP contribution in [0.2, 0.25) is 5.02 Å².